The molecule has 1 rings (SSSR count). The molecule has 0 heterocycles. The number of nitrogens with two attached hydrogens (primary N) is 1. The van der Waals surface area contributed by atoms with E-state index in [2.05, 4.69) is 5.32 Å². The molecule has 1 aromatic rings. The van der Waals surface area contributed by atoms with Gasteiger partial charge in [0.1, 0.15) is 5.82 Å². The van der Waals surface area contributed by atoms with Gasteiger partial charge in [0.25, 0.3) is 5.91 Å². The van der Waals surface area contributed by atoms with Gasteiger partial charge in [-0.2, -0.15) is 0 Å². The number of amides is 1. The van der Waals surface area contributed by atoms with Crippen molar-refractivity contribution in [2.24, 2.45) is 5.14 Å². The van der Waals surface area contributed by atoms with Gasteiger partial charge in [0.2, 0.25) is 10.0 Å². The predicted molar refractivity (Wildman–Crippen MR) is 66.1 cm³/mol. The van der Waals surface area contributed by atoms with Gasteiger partial charge in [-0.25, -0.2) is 17.9 Å². The lowest BCUT2D eigenvalue weighted by atomic mass is 10.1. The van der Waals surface area contributed by atoms with Crippen molar-refractivity contribution in [1.82, 2.24) is 5.32 Å². The number of carbonyl (C=O) groups is 1. The zero-order valence-electron chi connectivity index (χ0n) is 9.94. The lowest BCUT2D eigenvalue weighted by molar-refractivity contribution is 0.0953. The zero-order chi connectivity index (χ0) is 13.8. The maximum Gasteiger partial charge on any atom is 0.251 e. The highest BCUT2D eigenvalue weighted by Crippen LogP contribution is 2.08. The number of aryl methyl sites for hydroxylation is 1. The summed E-state index contributed by atoms with van der Waals surface area (Å²) in [6, 6.07) is 4.00. The quantitative estimate of drug-likeness (QED) is 0.768. The highest BCUT2D eigenvalue weighted by Gasteiger charge is 2.08. The average molecular weight is 274 g/mol. The van der Waals surface area contributed by atoms with E-state index in [1.165, 1.54) is 6.07 Å². The second-order valence-electron chi connectivity index (χ2n) is 3.99. The van der Waals surface area contributed by atoms with E-state index in [-0.39, 0.29) is 24.3 Å². The Labute approximate surface area is 105 Å². The molecule has 0 radical (unpaired) electrons. The largest absolute Gasteiger partial charge is 0.352 e. The van der Waals surface area contributed by atoms with Crippen LogP contribution in [-0.2, 0) is 10.0 Å². The summed E-state index contributed by atoms with van der Waals surface area (Å²) in [6.45, 7) is 1.85. The van der Waals surface area contributed by atoms with Crippen molar-refractivity contribution >= 4 is 15.9 Å². The first-order chi connectivity index (χ1) is 8.28. The maximum absolute atomic E-state index is 13.1. The molecule has 7 heteroatoms. The molecule has 0 aliphatic rings. The molecular weight excluding hydrogens is 259 g/mol. The molecule has 0 fully saturated rings. The standard InChI is InChI=1S/C11H15FN2O3S/c1-8-5-9(7-10(12)6-8)11(15)14-3-2-4-18(13,16)17/h5-7H,2-4H2,1H3,(H,14,15)(H2,13,16,17). The van der Waals surface area contributed by atoms with E-state index in [9.17, 15) is 17.6 Å². The van der Waals surface area contributed by atoms with Crippen LogP contribution in [-0.4, -0.2) is 26.6 Å². The molecule has 18 heavy (non-hydrogen) atoms. The van der Waals surface area contributed by atoms with E-state index in [1.54, 1.807) is 13.0 Å². The van der Waals surface area contributed by atoms with Crippen LogP contribution in [0.15, 0.2) is 18.2 Å². The van der Waals surface area contributed by atoms with Crippen LogP contribution in [0.4, 0.5) is 4.39 Å². The van der Waals surface area contributed by atoms with Gasteiger partial charge in [0, 0.05) is 12.1 Å². The van der Waals surface area contributed by atoms with E-state index in [0.717, 1.165) is 6.07 Å². The third-order valence-electron chi connectivity index (χ3n) is 2.20. The van der Waals surface area contributed by atoms with Crippen LogP contribution in [0.25, 0.3) is 0 Å². The third kappa shape index (κ3) is 5.24. The smallest absolute Gasteiger partial charge is 0.251 e. The fourth-order valence-corrected chi connectivity index (χ4v) is 1.99. The van der Waals surface area contributed by atoms with E-state index in [1.807, 2.05) is 0 Å². The number of halogens is 1. The highest BCUT2D eigenvalue weighted by molar-refractivity contribution is 7.89. The Balaban J connectivity index is 2.51. The number of rotatable bonds is 5. The first kappa shape index (κ1) is 14.6. The summed E-state index contributed by atoms with van der Waals surface area (Å²) in [6.07, 6.45) is 0.221. The van der Waals surface area contributed by atoms with Gasteiger partial charge in [-0.05, 0) is 37.1 Å². The fourth-order valence-electron chi connectivity index (χ4n) is 1.44. The summed E-state index contributed by atoms with van der Waals surface area (Å²) < 4.78 is 34.4. The number of hydrogen-bond donors (Lipinski definition) is 2. The molecule has 100 valence electrons. The Bertz CT molecular complexity index is 523. The average Bonchev–Trinajstić information content (AvgIpc) is 2.21. The van der Waals surface area contributed by atoms with Gasteiger partial charge in [0.05, 0.1) is 5.75 Å². The van der Waals surface area contributed by atoms with Crippen LogP contribution < -0.4 is 10.5 Å². The van der Waals surface area contributed by atoms with Crippen molar-refractivity contribution in [2.75, 3.05) is 12.3 Å². The van der Waals surface area contributed by atoms with Gasteiger partial charge < -0.3 is 5.32 Å². The molecule has 0 aliphatic carbocycles. The minimum Gasteiger partial charge on any atom is -0.352 e. The molecule has 0 aliphatic heterocycles. The molecule has 3 N–H and O–H groups in total. The number of sulfonamides is 1. The molecule has 0 bridgehead atoms. The summed E-state index contributed by atoms with van der Waals surface area (Å²) in [7, 11) is -3.51. The summed E-state index contributed by atoms with van der Waals surface area (Å²) >= 11 is 0. The molecule has 0 spiro atoms. The fraction of sp³-hybridized carbons (Fsp3) is 0.364. The number of hydrogen-bond acceptors (Lipinski definition) is 3. The van der Waals surface area contributed by atoms with E-state index in [4.69, 9.17) is 5.14 Å². The van der Waals surface area contributed by atoms with Crippen molar-refractivity contribution in [1.29, 1.82) is 0 Å². The predicted octanol–water partition coefficient (Wildman–Crippen LogP) is 0.543. The number of primary sulfonamides is 1. The van der Waals surface area contributed by atoms with Crippen molar-refractivity contribution < 1.29 is 17.6 Å². The summed E-state index contributed by atoms with van der Waals surface area (Å²) in [5.74, 6) is -1.12. The minimum atomic E-state index is -3.51. The molecule has 0 aromatic heterocycles. The summed E-state index contributed by atoms with van der Waals surface area (Å²) in [5.41, 5.74) is 0.854. The zero-order valence-corrected chi connectivity index (χ0v) is 10.8. The maximum atomic E-state index is 13.1. The van der Waals surface area contributed by atoms with Crippen molar-refractivity contribution in [3.8, 4) is 0 Å². The molecule has 0 atom stereocenters. The Morgan fingerprint density at radius 1 is 1.39 bits per heavy atom. The molecule has 0 unspecified atom stereocenters. The van der Waals surface area contributed by atoms with Crippen LogP contribution in [0, 0.1) is 12.7 Å². The Morgan fingerprint density at radius 2 is 2.06 bits per heavy atom. The second kappa shape index (κ2) is 5.92. The van der Waals surface area contributed by atoms with Gasteiger partial charge >= 0.3 is 0 Å². The molecule has 0 saturated heterocycles. The van der Waals surface area contributed by atoms with Crippen LogP contribution >= 0.6 is 0 Å². The van der Waals surface area contributed by atoms with E-state index in [0.29, 0.717) is 5.56 Å². The summed E-state index contributed by atoms with van der Waals surface area (Å²) in [5, 5.41) is 7.31. The van der Waals surface area contributed by atoms with Gasteiger partial charge in [-0.1, -0.05) is 0 Å². The van der Waals surface area contributed by atoms with E-state index >= 15 is 0 Å². The molecule has 1 amide bonds. The van der Waals surface area contributed by atoms with Crippen molar-refractivity contribution in [2.45, 2.75) is 13.3 Å². The Hall–Kier alpha value is -1.47. The Morgan fingerprint density at radius 3 is 2.61 bits per heavy atom. The highest BCUT2D eigenvalue weighted by atomic mass is 32.2. The molecule has 5 nitrogen and oxygen atoms in total. The summed E-state index contributed by atoms with van der Waals surface area (Å²) in [4.78, 5) is 11.6. The van der Waals surface area contributed by atoms with Crippen LogP contribution in [0.3, 0.4) is 0 Å². The SMILES string of the molecule is Cc1cc(F)cc(C(=O)NCCCS(N)(=O)=O)c1. The molecular formula is C11H15FN2O3S. The topological polar surface area (TPSA) is 89.3 Å². The Kier molecular flexibility index (Phi) is 4.80. The second-order valence-corrected chi connectivity index (χ2v) is 5.73. The van der Waals surface area contributed by atoms with Gasteiger partial charge in [-0.3, -0.25) is 4.79 Å². The molecule has 1 aromatic carbocycles. The monoisotopic (exact) mass is 274 g/mol. The lowest BCUT2D eigenvalue weighted by Crippen LogP contribution is -2.27. The number of benzene rings is 1. The van der Waals surface area contributed by atoms with E-state index < -0.39 is 21.7 Å². The van der Waals surface area contributed by atoms with Crippen LogP contribution in [0.2, 0.25) is 0 Å². The minimum absolute atomic E-state index is 0.171. The molecule has 0 saturated carbocycles. The normalized spacial score (nSPS) is 11.3. The third-order valence-corrected chi connectivity index (χ3v) is 3.05. The first-order valence-electron chi connectivity index (χ1n) is 5.34. The lowest BCUT2D eigenvalue weighted by Gasteiger charge is -2.05. The number of nitrogens with one attached hydrogen (secondary N) is 1. The van der Waals surface area contributed by atoms with Crippen LogP contribution in [0.5, 0.6) is 0 Å². The van der Waals surface area contributed by atoms with Gasteiger partial charge in [0.15, 0.2) is 0 Å². The van der Waals surface area contributed by atoms with Crippen molar-refractivity contribution in [3.05, 3.63) is 35.1 Å². The van der Waals surface area contributed by atoms with Crippen LogP contribution in [0.1, 0.15) is 22.3 Å². The number of carbonyl (C=O) groups excluding carboxylic acids is 1. The van der Waals surface area contributed by atoms with Crippen molar-refractivity contribution in [3.63, 3.8) is 0 Å². The first-order valence-corrected chi connectivity index (χ1v) is 7.05. The van der Waals surface area contributed by atoms with Gasteiger partial charge in [-0.15, -0.1) is 0 Å².